The lowest BCUT2D eigenvalue weighted by Crippen LogP contribution is -2.27. The topological polar surface area (TPSA) is 85.1 Å². The summed E-state index contributed by atoms with van der Waals surface area (Å²) in [6, 6.07) is 13.0. The normalized spacial score (nSPS) is 11.0. The largest absolute Gasteiger partial charge is 0.619 e. The van der Waals surface area contributed by atoms with E-state index in [2.05, 4.69) is 10.6 Å². The zero-order valence-electron chi connectivity index (χ0n) is 14.7. The summed E-state index contributed by atoms with van der Waals surface area (Å²) in [5, 5.41) is 16.2. The first-order valence-electron chi connectivity index (χ1n) is 8.31. The number of alkyl halides is 3. The Labute approximate surface area is 163 Å². The van der Waals surface area contributed by atoms with Crippen LogP contribution in [0.15, 0.2) is 73.1 Å². The van der Waals surface area contributed by atoms with E-state index < -0.39 is 23.6 Å². The van der Waals surface area contributed by atoms with Crippen molar-refractivity contribution in [1.82, 2.24) is 0 Å². The van der Waals surface area contributed by atoms with Gasteiger partial charge in [0.2, 0.25) is 0 Å². The summed E-state index contributed by atoms with van der Waals surface area (Å²) in [4.78, 5) is 24.6. The lowest BCUT2D eigenvalue weighted by Gasteiger charge is -2.11. The second-order valence-electron chi connectivity index (χ2n) is 6.02. The van der Waals surface area contributed by atoms with Crippen molar-refractivity contribution in [3.05, 3.63) is 95.0 Å². The molecule has 3 aromatic rings. The van der Waals surface area contributed by atoms with Crippen LogP contribution in [0.4, 0.5) is 24.5 Å². The van der Waals surface area contributed by atoms with Gasteiger partial charge in [0.1, 0.15) is 5.56 Å². The third kappa shape index (κ3) is 5.10. The maximum Gasteiger partial charge on any atom is 0.416 e. The van der Waals surface area contributed by atoms with Crippen LogP contribution in [0.1, 0.15) is 26.3 Å². The molecule has 0 fully saturated rings. The summed E-state index contributed by atoms with van der Waals surface area (Å²) in [7, 11) is 0. The minimum absolute atomic E-state index is 0.0106. The monoisotopic (exact) mass is 401 g/mol. The number of halogens is 3. The average Bonchev–Trinajstić information content (AvgIpc) is 2.68. The standard InChI is InChI=1S/C20H14F3N3O3/c21-20(22,23)15-6-2-8-17(11-15)25-18(27)13-4-1-7-16(10-13)24-19(28)14-5-3-9-26(29)12-14/h1-12H,(H,24,28)(H,25,27). The number of carbonyl (C=O) groups is 2. The van der Waals surface area contributed by atoms with Gasteiger partial charge in [0.15, 0.2) is 12.4 Å². The molecule has 0 saturated heterocycles. The van der Waals surface area contributed by atoms with E-state index in [9.17, 15) is 28.0 Å². The van der Waals surface area contributed by atoms with Gasteiger partial charge < -0.3 is 15.8 Å². The van der Waals surface area contributed by atoms with Gasteiger partial charge in [0.25, 0.3) is 11.8 Å². The van der Waals surface area contributed by atoms with Crippen LogP contribution in [-0.2, 0) is 6.18 Å². The van der Waals surface area contributed by atoms with E-state index in [1.54, 1.807) is 0 Å². The molecule has 1 aromatic heterocycles. The summed E-state index contributed by atoms with van der Waals surface area (Å²) in [5.74, 6) is -1.19. The fraction of sp³-hybridized carbons (Fsp3) is 0.0500. The molecule has 0 radical (unpaired) electrons. The molecule has 3 rings (SSSR count). The quantitative estimate of drug-likeness (QED) is 0.515. The molecule has 1 heterocycles. The van der Waals surface area contributed by atoms with Gasteiger partial charge in [-0.05, 0) is 42.5 Å². The fourth-order valence-electron chi connectivity index (χ4n) is 2.51. The van der Waals surface area contributed by atoms with Crippen molar-refractivity contribution in [3.63, 3.8) is 0 Å². The van der Waals surface area contributed by atoms with Crippen LogP contribution in [0.2, 0.25) is 0 Å². The first-order chi connectivity index (χ1) is 13.7. The van der Waals surface area contributed by atoms with Crippen molar-refractivity contribution in [2.24, 2.45) is 0 Å². The number of pyridine rings is 1. The van der Waals surface area contributed by atoms with Gasteiger partial charge in [0.05, 0.1) is 5.56 Å². The highest BCUT2D eigenvalue weighted by molar-refractivity contribution is 6.07. The van der Waals surface area contributed by atoms with Gasteiger partial charge in [-0.15, -0.1) is 0 Å². The first kappa shape index (κ1) is 19.9. The molecule has 9 heteroatoms. The summed E-state index contributed by atoms with van der Waals surface area (Å²) in [5.41, 5.74) is -0.347. The molecule has 2 N–H and O–H groups in total. The first-order valence-corrected chi connectivity index (χ1v) is 8.31. The molecule has 148 valence electrons. The molecule has 0 saturated carbocycles. The number of carbonyl (C=O) groups excluding carboxylic acids is 2. The molecule has 29 heavy (non-hydrogen) atoms. The smallest absolute Gasteiger partial charge is 0.416 e. The number of hydrogen-bond donors (Lipinski definition) is 2. The van der Waals surface area contributed by atoms with E-state index in [1.165, 1.54) is 54.7 Å². The van der Waals surface area contributed by atoms with Gasteiger partial charge in [-0.2, -0.15) is 17.9 Å². The van der Waals surface area contributed by atoms with Gasteiger partial charge in [0, 0.05) is 23.0 Å². The van der Waals surface area contributed by atoms with Crippen LogP contribution in [0.5, 0.6) is 0 Å². The molecule has 0 aliphatic carbocycles. The van der Waals surface area contributed by atoms with Crippen molar-refractivity contribution in [1.29, 1.82) is 0 Å². The van der Waals surface area contributed by atoms with Crippen molar-refractivity contribution in [2.75, 3.05) is 10.6 Å². The Hall–Kier alpha value is -3.88. The number of nitrogens with zero attached hydrogens (tertiary/aromatic N) is 1. The van der Waals surface area contributed by atoms with Crippen LogP contribution in [0.25, 0.3) is 0 Å². The van der Waals surface area contributed by atoms with Crippen molar-refractivity contribution < 1.29 is 27.5 Å². The fourth-order valence-corrected chi connectivity index (χ4v) is 2.51. The molecule has 0 bridgehead atoms. The predicted octanol–water partition coefficient (Wildman–Crippen LogP) is 3.84. The molecule has 6 nitrogen and oxygen atoms in total. The zero-order chi connectivity index (χ0) is 21.0. The highest BCUT2D eigenvalue weighted by Crippen LogP contribution is 2.30. The summed E-state index contributed by atoms with van der Waals surface area (Å²) in [6.07, 6.45) is -2.19. The summed E-state index contributed by atoms with van der Waals surface area (Å²) in [6.45, 7) is 0. The lowest BCUT2D eigenvalue weighted by molar-refractivity contribution is -0.605. The van der Waals surface area contributed by atoms with E-state index in [-0.39, 0.29) is 22.5 Å². The number of aromatic nitrogens is 1. The maximum absolute atomic E-state index is 12.8. The molecule has 0 atom stereocenters. The Morgan fingerprint density at radius 2 is 1.41 bits per heavy atom. The minimum atomic E-state index is -4.52. The Morgan fingerprint density at radius 1 is 0.828 bits per heavy atom. The van der Waals surface area contributed by atoms with Gasteiger partial charge >= 0.3 is 6.18 Å². The Balaban J connectivity index is 1.74. The molecular weight excluding hydrogens is 387 g/mol. The molecule has 0 aliphatic heterocycles. The van der Waals surface area contributed by atoms with Crippen molar-refractivity contribution in [2.45, 2.75) is 6.18 Å². The number of hydrogen-bond acceptors (Lipinski definition) is 3. The number of rotatable bonds is 4. The van der Waals surface area contributed by atoms with E-state index in [4.69, 9.17) is 0 Å². The van der Waals surface area contributed by atoms with Crippen LogP contribution in [-0.4, -0.2) is 11.8 Å². The SMILES string of the molecule is O=C(Nc1cccc(C(F)(F)F)c1)c1cccc(NC(=O)c2ccc[n+]([O-])c2)c1. The molecule has 2 aromatic carbocycles. The average molecular weight is 401 g/mol. The Morgan fingerprint density at radius 3 is 2.07 bits per heavy atom. The number of amides is 2. The summed E-state index contributed by atoms with van der Waals surface area (Å²) < 4.78 is 38.9. The molecule has 0 spiro atoms. The number of nitrogens with one attached hydrogen (secondary N) is 2. The Bertz CT molecular complexity index is 1070. The van der Waals surface area contributed by atoms with Gasteiger partial charge in [-0.3, -0.25) is 9.59 Å². The van der Waals surface area contributed by atoms with Crippen LogP contribution >= 0.6 is 0 Å². The van der Waals surface area contributed by atoms with E-state index in [1.807, 2.05) is 0 Å². The highest BCUT2D eigenvalue weighted by atomic mass is 19.4. The van der Waals surface area contributed by atoms with Gasteiger partial charge in [-0.25, -0.2) is 0 Å². The number of anilines is 2. The van der Waals surface area contributed by atoms with E-state index in [0.29, 0.717) is 4.73 Å². The van der Waals surface area contributed by atoms with Gasteiger partial charge in [-0.1, -0.05) is 12.1 Å². The highest BCUT2D eigenvalue weighted by Gasteiger charge is 2.30. The lowest BCUT2D eigenvalue weighted by atomic mass is 10.1. The van der Waals surface area contributed by atoms with Crippen molar-refractivity contribution >= 4 is 23.2 Å². The van der Waals surface area contributed by atoms with Crippen molar-refractivity contribution in [3.8, 4) is 0 Å². The van der Waals surface area contributed by atoms with Crippen LogP contribution < -0.4 is 15.4 Å². The van der Waals surface area contributed by atoms with Crippen LogP contribution in [0.3, 0.4) is 0 Å². The van der Waals surface area contributed by atoms with E-state index >= 15 is 0 Å². The second-order valence-corrected chi connectivity index (χ2v) is 6.02. The molecule has 0 aliphatic rings. The second kappa shape index (κ2) is 8.01. The third-order valence-electron chi connectivity index (χ3n) is 3.87. The zero-order valence-corrected chi connectivity index (χ0v) is 14.7. The molecule has 0 unspecified atom stereocenters. The summed E-state index contributed by atoms with van der Waals surface area (Å²) >= 11 is 0. The predicted molar refractivity (Wildman–Crippen MR) is 99.2 cm³/mol. The molecule has 2 amide bonds. The Kier molecular flexibility index (Phi) is 5.49. The minimum Gasteiger partial charge on any atom is -0.619 e. The number of benzene rings is 2. The van der Waals surface area contributed by atoms with Crippen LogP contribution in [0, 0.1) is 5.21 Å². The van der Waals surface area contributed by atoms with E-state index in [0.717, 1.165) is 18.3 Å². The third-order valence-corrected chi connectivity index (χ3v) is 3.87. The maximum atomic E-state index is 12.8. The molecular formula is C20H14F3N3O3.